The van der Waals surface area contributed by atoms with Crippen molar-refractivity contribution < 1.29 is 26.8 Å². The van der Waals surface area contributed by atoms with E-state index >= 15 is 0 Å². The molecule has 172 valence electrons. The lowest BCUT2D eigenvalue weighted by Crippen LogP contribution is -2.39. The molecule has 0 spiro atoms. The molecule has 0 aromatic heterocycles. The zero-order valence-corrected chi connectivity index (χ0v) is 18.4. The van der Waals surface area contributed by atoms with E-state index in [2.05, 4.69) is 10.0 Å². The largest absolute Gasteiger partial charge is 0.358 e. The molecule has 0 heterocycles. The number of benzene rings is 3. The predicted molar refractivity (Wildman–Crippen MR) is 119 cm³/mol. The summed E-state index contributed by atoms with van der Waals surface area (Å²) in [6.45, 7) is -0.354. The van der Waals surface area contributed by atoms with Crippen LogP contribution in [-0.2, 0) is 21.4 Å². The van der Waals surface area contributed by atoms with E-state index in [1.807, 2.05) is 0 Å². The number of nitrogens with zero attached hydrogens (tertiary/aromatic N) is 1. The van der Waals surface area contributed by atoms with Crippen molar-refractivity contribution in [2.75, 3.05) is 18.3 Å². The van der Waals surface area contributed by atoms with Crippen LogP contribution in [0.2, 0.25) is 0 Å². The number of anilines is 1. The van der Waals surface area contributed by atoms with E-state index in [9.17, 15) is 26.8 Å². The monoisotopic (exact) mass is 473 g/mol. The zero-order chi connectivity index (χ0) is 24.0. The van der Waals surface area contributed by atoms with Gasteiger partial charge in [-0.25, -0.2) is 17.2 Å². The fraction of sp³-hybridized carbons (Fsp3) is 0.130. The van der Waals surface area contributed by atoms with Gasteiger partial charge in [-0.15, -0.1) is 0 Å². The number of sulfonamides is 1. The standard InChI is InChI=1S/C23H21F2N3O4S/c1-26-22(29)15-28(14-16-6-3-2-4-7-16)23(30)20-13-19(10-11-21(20)25)33(31,32)27-18-9-5-8-17(24)12-18/h2-13,27H,14-15H2,1H3,(H,26,29). The minimum absolute atomic E-state index is 0.00501. The average molecular weight is 474 g/mol. The Bertz CT molecular complexity index is 1270. The van der Waals surface area contributed by atoms with Crippen LogP contribution in [0.4, 0.5) is 14.5 Å². The van der Waals surface area contributed by atoms with Crippen molar-refractivity contribution in [1.82, 2.24) is 10.2 Å². The van der Waals surface area contributed by atoms with Crippen molar-refractivity contribution in [2.45, 2.75) is 11.4 Å². The van der Waals surface area contributed by atoms with Gasteiger partial charge in [-0.2, -0.15) is 0 Å². The van der Waals surface area contributed by atoms with Gasteiger partial charge in [0.05, 0.1) is 16.1 Å². The summed E-state index contributed by atoms with van der Waals surface area (Å²) >= 11 is 0. The molecule has 0 fully saturated rings. The molecule has 0 radical (unpaired) electrons. The van der Waals surface area contributed by atoms with Gasteiger partial charge in [-0.05, 0) is 42.0 Å². The van der Waals surface area contributed by atoms with Crippen molar-refractivity contribution in [3.05, 3.63) is 95.6 Å². The molecule has 0 bridgehead atoms. The highest BCUT2D eigenvalue weighted by atomic mass is 32.2. The van der Waals surface area contributed by atoms with Gasteiger partial charge in [0.25, 0.3) is 15.9 Å². The van der Waals surface area contributed by atoms with E-state index in [0.29, 0.717) is 5.56 Å². The minimum Gasteiger partial charge on any atom is -0.358 e. The maximum atomic E-state index is 14.6. The van der Waals surface area contributed by atoms with Crippen LogP contribution in [0.15, 0.2) is 77.7 Å². The van der Waals surface area contributed by atoms with Gasteiger partial charge in [0.15, 0.2) is 0 Å². The third-order valence-electron chi connectivity index (χ3n) is 4.67. The third kappa shape index (κ3) is 6.13. The van der Waals surface area contributed by atoms with E-state index in [4.69, 9.17) is 0 Å². The first-order chi connectivity index (χ1) is 15.7. The maximum Gasteiger partial charge on any atom is 0.261 e. The topological polar surface area (TPSA) is 95.6 Å². The molecule has 2 N–H and O–H groups in total. The lowest BCUT2D eigenvalue weighted by atomic mass is 10.1. The van der Waals surface area contributed by atoms with Crippen LogP contribution in [0.1, 0.15) is 15.9 Å². The molecule has 0 aliphatic rings. The number of rotatable bonds is 8. The van der Waals surface area contributed by atoms with Gasteiger partial charge >= 0.3 is 0 Å². The maximum absolute atomic E-state index is 14.6. The Balaban J connectivity index is 1.93. The molecule has 10 heteroatoms. The Labute approximate surface area is 190 Å². The summed E-state index contributed by atoms with van der Waals surface area (Å²) in [5.41, 5.74) is 0.154. The number of halogens is 2. The average Bonchev–Trinajstić information content (AvgIpc) is 2.78. The van der Waals surface area contributed by atoms with Crippen LogP contribution in [0.25, 0.3) is 0 Å². The van der Waals surface area contributed by atoms with Crippen molar-refractivity contribution in [3.63, 3.8) is 0 Å². The summed E-state index contributed by atoms with van der Waals surface area (Å²) in [6.07, 6.45) is 0. The summed E-state index contributed by atoms with van der Waals surface area (Å²) in [6, 6.07) is 16.3. The number of carbonyl (C=O) groups is 2. The van der Waals surface area contributed by atoms with Gasteiger partial charge in [-0.1, -0.05) is 36.4 Å². The first-order valence-electron chi connectivity index (χ1n) is 9.81. The van der Waals surface area contributed by atoms with Crippen molar-refractivity contribution >= 4 is 27.5 Å². The van der Waals surface area contributed by atoms with E-state index in [1.54, 1.807) is 30.3 Å². The number of nitrogens with one attached hydrogen (secondary N) is 2. The van der Waals surface area contributed by atoms with E-state index in [1.165, 1.54) is 19.2 Å². The molecule has 0 unspecified atom stereocenters. The molecule has 3 rings (SSSR count). The molecule has 0 aliphatic carbocycles. The fourth-order valence-electron chi connectivity index (χ4n) is 3.03. The first kappa shape index (κ1) is 23.9. The highest BCUT2D eigenvalue weighted by Gasteiger charge is 2.25. The second kappa shape index (κ2) is 10.2. The predicted octanol–water partition coefficient (Wildman–Crippen LogP) is 3.15. The van der Waals surface area contributed by atoms with Gasteiger partial charge in [0.2, 0.25) is 5.91 Å². The molecule has 33 heavy (non-hydrogen) atoms. The number of hydrogen-bond donors (Lipinski definition) is 2. The Morgan fingerprint density at radius 1 is 0.939 bits per heavy atom. The van der Waals surface area contributed by atoms with Crippen molar-refractivity contribution in [2.24, 2.45) is 0 Å². The van der Waals surface area contributed by atoms with Crippen LogP contribution < -0.4 is 10.0 Å². The van der Waals surface area contributed by atoms with E-state index < -0.39 is 43.9 Å². The summed E-state index contributed by atoms with van der Waals surface area (Å²) in [7, 11) is -2.85. The van der Waals surface area contributed by atoms with Crippen LogP contribution in [0, 0.1) is 11.6 Å². The number of carbonyl (C=O) groups excluding carboxylic acids is 2. The Morgan fingerprint density at radius 2 is 1.67 bits per heavy atom. The minimum atomic E-state index is -4.25. The molecule has 0 aliphatic heterocycles. The molecule has 3 aromatic rings. The lowest BCUT2D eigenvalue weighted by Gasteiger charge is -2.22. The van der Waals surface area contributed by atoms with Crippen molar-refractivity contribution in [3.8, 4) is 0 Å². The summed E-state index contributed by atoms with van der Waals surface area (Å²) in [5.74, 6) is -2.92. The van der Waals surface area contributed by atoms with Crippen LogP contribution in [0.5, 0.6) is 0 Å². The molecular weight excluding hydrogens is 452 g/mol. The van der Waals surface area contributed by atoms with Gasteiger partial charge in [0, 0.05) is 13.6 Å². The van der Waals surface area contributed by atoms with Crippen LogP contribution >= 0.6 is 0 Å². The second-order valence-corrected chi connectivity index (χ2v) is 8.76. The van der Waals surface area contributed by atoms with Crippen LogP contribution in [-0.4, -0.2) is 38.7 Å². The van der Waals surface area contributed by atoms with Crippen molar-refractivity contribution in [1.29, 1.82) is 0 Å². The zero-order valence-electron chi connectivity index (χ0n) is 17.6. The van der Waals surface area contributed by atoms with E-state index in [0.717, 1.165) is 35.2 Å². The van der Waals surface area contributed by atoms with Gasteiger partial charge in [-0.3, -0.25) is 14.3 Å². The molecule has 2 amide bonds. The highest BCUT2D eigenvalue weighted by molar-refractivity contribution is 7.92. The molecule has 3 aromatic carbocycles. The number of amides is 2. The van der Waals surface area contributed by atoms with Crippen LogP contribution in [0.3, 0.4) is 0 Å². The lowest BCUT2D eigenvalue weighted by molar-refractivity contribution is -0.121. The molecule has 0 saturated heterocycles. The Kier molecular flexibility index (Phi) is 7.39. The second-order valence-electron chi connectivity index (χ2n) is 7.08. The molecule has 0 saturated carbocycles. The first-order valence-corrected chi connectivity index (χ1v) is 11.3. The van der Waals surface area contributed by atoms with Gasteiger partial charge < -0.3 is 10.2 Å². The number of hydrogen-bond acceptors (Lipinski definition) is 4. The summed E-state index contributed by atoms with van der Waals surface area (Å²) < 4.78 is 55.7. The highest BCUT2D eigenvalue weighted by Crippen LogP contribution is 2.21. The summed E-state index contributed by atoms with van der Waals surface area (Å²) in [5, 5.41) is 2.41. The molecule has 0 atom stereocenters. The normalized spacial score (nSPS) is 11.0. The summed E-state index contributed by atoms with van der Waals surface area (Å²) in [4.78, 5) is 25.8. The van der Waals surface area contributed by atoms with E-state index in [-0.39, 0.29) is 18.8 Å². The fourth-order valence-corrected chi connectivity index (χ4v) is 4.10. The number of likely N-dealkylation sites (N-methyl/N-ethyl adjacent to an activating group) is 1. The quantitative estimate of drug-likeness (QED) is 0.526. The Hall–Kier alpha value is -3.79. The van der Waals surface area contributed by atoms with Gasteiger partial charge in [0.1, 0.15) is 18.2 Å². The Morgan fingerprint density at radius 3 is 2.33 bits per heavy atom. The third-order valence-corrected chi connectivity index (χ3v) is 6.05. The molecule has 7 nitrogen and oxygen atoms in total. The molecular formula is C23H21F2N3O4S. The smallest absolute Gasteiger partial charge is 0.261 e. The SMILES string of the molecule is CNC(=O)CN(Cc1ccccc1)C(=O)c1cc(S(=O)(=O)Nc2cccc(F)c2)ccc1F.